The molecule has 1 heterocycles. The number of rotatable bonds is 8. The van der Waals surface area contributed by atoms with E-state index in [1.165, 1.54) is 4.90 Å². The first-order valence-electron chi connectivity index (χ1n) is 18.5. The van der Waals surface area contributed by atoms with E-state index in [9.17, 15) is 9.59 Å². The standard InChI is InChI=1S/C48H40N2O4/c1-27(2)33-9-7-10-34(28(3)4)46(33)50-47(51)40-23-21-37-35-11-8-12-39-42(26-25-36(43(35)39)38-22-24-41(48(50)52)45(40)44(37)38)49(29-13-17-31(53-5)18-14-29)30-15-19-32(54-6)20-16-30/h7-28H,1-6H3. The van der Waals surface area contributed by atoms with E-state index >= 15 is 0 Å². The quantitative estimate of drug-likeness (QED) is 0.0893. The van der Waals surface area contributed by atoms with Crippen LogP contribution in [0.25, 0.3) is 43.1 Å². The van der Waals surface area contributed by atoms with Crippen LogP contribution in [-0.2, 0) is 0 Å². The van der Waals surface area contributed by atoms with Crippen molar-refractivity contribution in [3.8, 4) is 11.5 Å². The summed E-state index contributed by atoms with van der Waals surface area (Å²) in [6.45, 7) is 8.44. The highest BCUT2D eigenvalue weighted by molar-refractivity contribution is 6.42. The highest BCUT2D eigenvalue weighted by Crippen LogP contribution is 2.49. The van der Waals surface area contributed by atoms with E-state index in [1.807, 2.05) is 54.6 Å². The third-order valence-electron chi connectivity index (χ3n) is 11.1. The molecule has 0 fully saturated rings. The Balaban J connectivity index is 1.28. The number of hydrogen-bond donors (Lipinski definition) is 0. The summed E-state index contributed by atoms with van der Waals surface area (Å²) in [5.41, 5.74) is 6.80. The number of methoxy groups -OCH3 is 2. The van der Waals surface area contributed by atoms with Gasteiger partial charge in [-0.3, -0.25) is 9.59 Å². The van der Waals surface area contributed by atoms with Crippen LogP contribution in [0.2, 0.25) is 0 Å². The van der Waals surface area contributed by atoms with E-state index in [-0.39, 0.29) is 23.7 Å². The lowest BCUT2D eigenvalue weighted by molar-refractivity contribution is 0.0893. The summed E-state index contributed by atoms with van der Waals surface area (Å²) >= 11 is 0. The van der Waals surface area contributed by atoms with Crippen molar-refractivity contribution >= 4 is 77.7 Å². The molecule has 0 spiro atoms. The normalized spacial score (nSPS) is 13.0. The van der Waals surface area contributed by atoms with Gasteiger partial charge in [-0.1, -0.05) is 82.3 Å². The Morgan fingerprint density at radius 2 is 0.926 bits per heavy atom. The molecule has 1 aliphatic heterocycles. The van der Waals surface area contributed by atoms with Gasteiger partial charge in [0.1, 0.15) is 11.5 Å². The number of fused-ring (bicyclic) bond motifs is 2. The van der Waals surface area contributed by atoms with Crippen LogP contribution in [-0.4, -0.2) is 26.0 Å². The van der Waals surface area contributed by atoms with Crippen molar-refractivity contribution < 1.29 is 19.1 Å². The second kappa shape index (κ2) is 12.6. The van der Waals surface area contributed by atoms with Crippen molar-refractivity contribution in [1.29, 1.82) is 0 Å². The molecule has 0 aromatic heterocycles. The highest BCUT2D eigenvalue weighted by atomic mass is 16.5. The largest absolute Gasteiger partial charge is 0.497 e. The first-order valence-corrected chi connectivity index (χ1v) is 18.5. The smallest absolute Gasteiger partial charge is 0.266 e. The molecule has 0 atom stereocenters. The molecular formula is C48H40N2O4. The predicted molar refractivity (Wildman–Crippen MR) is 221 cm³/mol. The van der Waals surface area contributed by atoms with Crippen LogP contribution in [0, 0.1) is 0 Å². The van der Waals surface area contributed by atoms with Crippen LogP contribution in [0.3, 0.4) is 0 Å². The number of anilines is 4. The summed E-state index contributed by atoms with van der Waals surface area (Å²) in [7, 11) is 3.34. The molecule has 2 amide bonds. The van der Waals surface area contributed by atoms with Crippen molar-refractivity contribution in [3.05, 3.63) is 144 Å². The van der Waals surface area contributed by atoms with Crippen LogP contribution in [0.15, 0.2) is 121 Å². The van der Waals surface area contributed by atoms with E-state index < -0.39 is 0 Å². The fraction of sp³-hybridized carbons (Fsp3) is 0.167. The lowest BCUT2D eigenvalue weighted by Gasteiger charge is -2.33. The monoisotopic (exact) mass is 708 g/mol. The minimum atomic E-state index is -0.278. The predicted octanol–water partition coefficient (Wildman–Crippen LogP) is 12.3. The van der Waals surface area contributed by atoms with Crippen LogP contribution >= 0.6 is 0 Å². The summed E-state index contributed by atoms with van der Waals surface area (Å²) in [4.78, 5) is 33.1. The van der Waals surface area contributed by atoms with E-state index in [0.29, 0.717) is 11.1 Å². The van der Waals surface area contributed by atoms with Crippen molar-refractivity contribution in [2.75, 3.05) is 24.0 Å². The van der Waals surface area contributed by atoms with Gasteiger partial charge < -0.3 is 14.4 Å². The molecule has 6 nitrogen and oxygen atoms in total. The van der Waals surface area contributed by atoms with Crippen molar-refractivity contribution in [3.63, 3.8) is 0 Å². The molecule has 0 bridgehead atoms. The Morgan fingerprint density at radius 1 is 0.481 bits per heavy atom. The molecule has 0 unspecified atom stereocenters. The van der Waals surface area contributed by atoms with Crippen LogP contribution in [0.1, 0.15) is 71.4 Å². The van der Waals surface area contributed by atoms with Crippen molar-refractivity contribution in [2.45, 2.75) is 39.5 Å². The van der Waals surface area contributed by atoms with Gasteiger partial charge in [-0.15, -0.1) is 0 Å². The average Bonchev–Trinajstić information content (AvgIpc) is 3.20. The molecule has 9 rings (SSSR count). The number of carbonyl (C=O) groups is 2. The summed E-state index contributed by atoms with van der Waals surface area (Å²) in [5, 5.41) is 8.05. The summed E-state index contributed by atoms with van der Waals surface area (Å²) in [6.07, 6.45) is 0. The maximum absolute atomic E-state index is 14.7. The molecule has 0 N–H and O–H groups in total. The summed E-state index contributed by atoms with van der Waals surface area (Å²) in [5.74, 6) is 1.27. The van der Waals surface area contributed by atoms with Crippen LogP contribution < -0.4 is 19.3 Å². The second-order valence-electron chi connectivity index (χ2n) is 14.7. The molecule has 0 aliphatic carbocycles. The molecule has 266 valence electrons. The maximum Gasteiger partial charge on any atom is 0.266 e. The van der Waals surface area contributed by atoms with Gasteiger partial charge in [0.15, 0.2) is 0 Å². The number of carbonyl (C=O) groups excluding carboxylic acids is 2. The Hall–Kier alpha value is -6.40. The number of amides is 2. The van der Waals surface area contributed by atoms with E-state index in [1.54, 1.807) is 14.2 Å². The number of hydrogen-bond acceptors (Lipinski definition) is 5. The minimum Gasteiger partial charge on any atom is -0.497 e. The van der Waals surface area contributed by atoms with Gasteiger partial charge in [0.25, 0.3) is 11.8 Å². The fourth-order valence-corrected chi connectivity index (χ4v) is 8.53. The van der Waals surface area contributed by atoms with Gasteiger partial charge in [-0.25, -0.2) is 4.90 Å². The topological polar surface area (TPSA) is 59.1 Å². The molecule has 0 saturated carbocycles. The van der Waals surface area contributed by atoms with Crippen LogP contribution in [0.5, 0.6) is 11.5 Å². The first-order chi connectivity index (χ1) is 26.2. The second-order valence-corrected chi connectivity index (χ2v) is 14.7. The lowest BCUT2D eigenvalue weighted by Crippen LogP contribution is -2.41. The summed E-state index contributed by atoms with van der Waals surface area (Å²) < 4.78 is 11.0. The summed E-state index contributed by atoms with van der Waals surface area (Å²) in [6, 6.07) is 41.0. The zero-order valence-electron chi connectivity index (χ0n) is 31.2. The molecule has 1 aliphatic rings. The molecular weight excluding hydrogens is 669 g/mol. The Bertz CT molecular complexity index is 2640. The Morgan fingerprint density at radius 3 is 1.43 bits per heavy atom. The number of imide groups is 1. The molecule has 8 aromatic carbocycles. The highest BCUT2D eigenvalue weighted by Gasteiger charge is 2.38. The molecule has 54 heavy (non-hydrogen) atoms. The zero-order valence-corrected chi connectivity index (χ0v) is 31.2. The molecule has 6 heteroatoms. The van der Waals surface area contributed by atoms with Crippen molar-refractivity contribution in [2.24, 2.45) is 0 Å². The molecule has 0 saturated heterocycles. The van der Waals surface area contributed by atoms with E-state index in [2.05, 4.69) is 99.3 Å². The number of para-hydroxylation sites is 1. The third-order valence-corrected chi connectivity index (χ3v) is 11.1. The maximum atomic E-state index is 14.7. The number of benzene rings is 8. The molecule has 8 aromatic rings. The Kier molecular flexibility index (Phi) is 7.82. The van der Waals surface area contributed by atoms with E-state index in [4.69, 9.17) is 9.47 Å². The average molecular weight is 709 g/mol. The number of ether oxygens (including phenoxy) is 2. The van der Waals surface area contributed by atoms with Gasteiger partial charge in [-0.05, 0) is 122 Å². The van der Waals surface area contributed by atoms with E-state index in [0.717, 1.165) is 88.5 Å². The number of nitrogens with zero attached hydrogens (tertiary/aromatic N) is 2. The lowest BCUT2D eigenvalue weighted by atomic mass is 9.83. The van der Waals surface area contributed by atoms with Gasteiger partial charge in [0.05, 0.1) is 25.6 Å². The van der Waals surface area contributed by atoms with Gasteiger partial charge in [0, 0.05) is 33.3 Å². The third kappa shape index (κ3) is 4.86. The molecule has 0 radical (unpaired) electrons. The van der Waals surface area contributed by atoms with Crippen molar-refractivity contribution in [1.82, 2.24) is 0 Å². The zero-order chi connectivity index (χ0) is 37.4. The van der Waals surface area contributed by atoms with Gasteiger partial charge in [-0.2, -0.15) is 0 Å². The van der Waals surface area contributed by atoms with Crippen LogP contribution in [0.4, 0.5) is 22.7 Å². The van der Waals surface area contributed by atoms with Gasteiger partial charge >= 0.3 is 0 Å². The SMILES string of the molecule is COc1ccc(N(c2ccc(OC)cc2)c2ccc3c4ccc5c6c(ccc(c7cccc2c73)c64)C(=O)N(c2c(C(C)C)cccc2C(C)C)C5=O)cc1. The first kappa shape index (κ1) is 33.4. The Labute approximate surface area is 314 Å². The van der Waals surface area contributed by atoms with Gasteiger partial charge in [0.2, 0.25) is 0 Å². The minimum absolute atomic E-state index is 0.128. The fourth-order valence-electron chi connectivity index (χ4n) is 8.53.